The Morgan fingerprint density at radius 3 is 2.55 bits per heavy atom. The highest BCUT2D eigenvalue weighted by atomic mass is 16.7. The van der Waals surface area contributed by atoms with E-state index in [2.05, 4.69) is 9.80 Å². The largest absolute Gasteiger partial charge is 0.350 e. The number of hydrogen-bond donors (Lipinski definition) is 0. The van der Waals surface area contributed by atoms with E-state index in [0.29, 0.717) is 25.7 Å². The number of hydrogen-bond acceptors (Lipinski definition) is 4. The Morgan fingerprint density at radius 1 is 1.10 bits per heavy atom. The number of carbonyl (C=O) groups is 1. The van der Waals surface area contributed by atoms with Gasteiger partial charge in [-0.05, 0) is 18.8 Å². The summed E-state index contributed by atoms with van der Waals surface area (Å²) in [7, 11) is 0. The van der Waals surface area contributed by atoms with E-state index in [1.54, 1.807) is 0 Å². The topological polar surface area (TPSA) is 42.0 Å². The minimum absolute atomic E-state index is 0.0541. The molecule has 0 N–H and O–H groups in total. The van der Waals surface area contributed by atoms with Crippen molar-refractivity contribution in [1.29, 1.82) is 0 Å². The number of piperazine rings is 1. The van der Waals surface area contributed by atoms with Crippen LogP contribution in [-0.4, -0.2) is 67.9 Å². The summed E-state index contributed by atoms with van der Waals surface area (Å²) in [6.07, 6.45) is 6.13. The standard InChI is InChI=1S/C15H26N2O3/c18-14-12-16(6-5-15-19-9-10-20-15)7-8-17(14)11-13-3-1-2-4-13/h13,15H,1-12H2. The van der Waals surface area contributed by atoms with E-state index in [0.717, 1.165) is 38.5 Å². The lowest BCUT2D eigenvalue weighted by Gasteiger charge is -2.35. The molecule has 0 aromatic rings. The zero-order valence-corrected chi connectivity index (χ0v) is 12.3. The van der Waals surface area contributed by atoms with Crippen LogP contribution in [0.1, 0.15) is 32.1 Å². The van der Waals surface area contributed by atoms with E-state index in [-0.39, 0.29) is 6.29 Å². The molecule has 3 fully saturated rings. The molecule has 2 heterocycles. The maximum atomic E-state index is 12.2. The Kier molecular flexibility index (Phi) is 4.91. The average Bonchev–Trinajstić information content (AvgIpc) is 3.12. The van der Waals surface area contributed by atoms with Gasteiger partial charge in [0.15, 0.2) is 6.29 Å². The highest BCUT2D eigenvalue weighted by Crippen LogP contribution is 2.26. The van der Waals surface area contributed by atoms with Crippen LogP contribution >= 0.6 is 0 Å². The SMILES string of the molecule is O=C1CN(CCC2OCCO2)CCN1CC1CCCC1. The molecule has 3 rings (SSSR count). The molecule has 5 heteroatoms. The predicted octanol–water partition coefficient (Wildman–Crippen LogP) is 1.08. The monoisotopic (exact) mass is 282 g/mol. The first kappa shape index (κ1) is 14.3. The van der Waals surface area contributed by atoms with E-state index in [1.165, 1.54) is 25.7 Å². The van der Waals surface area contributed by atoms with E-state index >= 15 is 0 Å². The summed E-state index contributed by atoms with van der Waals surface area (Å²) in [5, 5.41) is 0. The molecule has 1 aliphatic carbocycles. The van der Waals surface area contributed by atoms with E-state index < -0.39 is 0 Å². The van der Waals surface area contributed by atoms with Crippen LogP contribution < -0.4 is 0 Å². The van der Waals surface area contributed by atoms with Crippen LogP contribution in [0.15, 0.2) is 0 Å². The highest BCUT2D eigenvalue weighted by molar-refractivity contribution is 5.79. The van der Waals surface area contributed by atoms with Crippen LogP contribution in [0.25, 0.3) is 0 Å². The molecular formula is C15H26N2O3. The fraction of sp³-hybridized carbons (Fsp3) is 0.933. The van der Waals surface area contributed by atoms with Gasteiger partial charge in [-0.2, -0.15) is 0 Å². The summed E-state index contributed by atoms with van der Waals surface area (Å²) in [6, 6.07) is 0. The van der Waals surface area contributed by atoms with Crippen molar-refractivity contribution in [2.24, 2.45) is 5.92 Å². The Labute approximate surface area is 121 Å². The summed E-state index contributed by atoms with van der Waals surface area (Å²) in [4.78, 5) is 16.5. The fourth-order valence-electron chi connectivity index (χ4n) is 3.51. The fourth-order valence-corrected chi connectivity index (χ4v) is 3.51. The summed E-state index contributed by atoms with van der Waals surface area (Å²) in [6.45, 7) is 5.75. The smallest absolute Gasteiger partial charge is 0.236 e. The molecule has 0 bridgehead atoms. The Balaban J connectivity index is 1.38. The second-order valence-electron chi connectivity index (χ2n) is 6.23. The molecule has 0 aromatic heterocycles. The molecule has 0 unspecified atom stereocenters. The second-order valence-corrected chi connectivity index (χ2v) is 6.23. The van der Waals surface area contributed by atoms with E-state index in [4.69, 9.17) is 9.47 Å². The van der Waals surface area contributed by atoms with Gasteiger partial charge in [-0.15, -0.1) is 0 Å². The third-order valence-corrected chi connectivity index (χ3v) is 4.72. The molecule has 1 saturated carbocycles. The third-order valence-electron chi connectivity index (χ3n) is 4.72. The van der Waals surface area contributed by atoms with Crippen molar-refractivity contribution in [3.8, 4) is 0 Å². The van der Waals surface area contributed by atoms with Crippen LogP contribution in [0.3, 0.4) is 0 Å². The van der Waals surface area contributed by atoms with Crippen molar-refractivity contribution in [1.82, 2.24) is 9.80 Å². The minimum atomic E-state index is -0.0541. The normalized spacial score (nSPS) is 26.8. The number of nitrogens with zero attached hydrogens (tertiary/aromatic N) is 2. The Hall–Kier alpha value is -0.650. The van der Waals surface area contributed by atoms with Gasteiger partial charge in [-0.25, -0.2) is 0 Å². The summed E-state index contributed by atoms with van der Waals surface area (Å²) >= 11 is 0. The van der Waals surface area contributed by atoms with Gasteiger partial charge in [-0.3, -0.25) is 9.69 Å². The first-order valence-corrected chi connectivity index (χ1v) is 8.04. The number of ether oxygens (including phenoxy) is 2. The summed E-state index contributed by atoms with van der Waals surface area (Å²) < 4.78 is 10.9. The van der Waals surface area contributed by atoms with Gasteiger partial charge in [0.25, 0.3) is 0 Å². The maximum Gasteiger partial charge on any atom is 0.236 e. The molecule has 0 aromatic carbocycles. The first-order valence-electron chi connectivity index (χ1n) is 8.04. The molecule has 2 aliphatic heterocycles. The van der Waals surface area contributed by atoms with Crippen molar-refractivity contribution in [2.75, 3.05) is 45.9 Å². The molecule has 1 amide bonds. The quantitative estimate of drug-likeness (QED) is 0.757. The van der Waals surface area contributed by atoms with Gasteiger partial charge >= 0.3 is 0 Å². The van der Waals surface area contributed by atoms with Crippen LogP contribution in [0.2, 0.25) is 0 Å². The average molecular weight is 282 g/mol. The minimum Gasteiger partial charge on any atom is -0.350 e. The van der Waals surface area contributed by atoms with Gasteiger partial charge in [0.1, 0.15) is 0 Å². The van der Waals surface area contributed by atoms with Gasteiger partial charge in [0.05, 0.1) is 19.8 Å². The van der Waals surface area contributed by atoms with Crippen LogP contribution in [0, 0.1) is 5.92 Å². The van der Waals surface area contributed by atoms with Gasteiger partial charge in [0.2, 0.25) is 5.91 Å². The summed E-state index contributed by atoms with van der Waals surface area (Å²) in [5.74, 6) is 1.06. The van der Waals surface area contributed by atoms with Crippen molar-refractivity contribution >= 4 is 5.91 Å². The molecular weight excluding hydrogens is 256 g/mol. The number of amides is 1. The molecule has 0 atom stereocenters. The molecule has 114 valence electrons. The van der Waals surface area contributed by atoms with E-state index in [9.17, 15) is 4.79 Å². The first-order chi connectivity index (χ1) is 9.81. The van der Waals surface area contributed by atoms with Gasteiger partial charge < -0.3 is 14.4 Å². The van der Waals surface area contributed by atoms with Gasteiger partial charge in [0, 0.05) is 32.6 Å². The number of carbonyl (C=O) groups excluding carboxylic acids is 1. The second kappa shape index (κ2) is 6.87. The highest BCUT2D eigenvalue weighted by Gasteiger charge is 2.27. The summed E-state index contributed by atoms with van der Waals surface area (Å²) in [5.41, 5.74) is 0. The molecule has 20 heavy (non-hydrogen) atoms. The van der Waals surface area contributed by atoms with Crippen molar-refractivity contribution in [3.05, 3.63) is 0 Å². The van der Waals surface area contributed by atoms with Crippen LogP contribution in [0.4, 0.5) is 0 Å². The number of rotatable bonds is 5. The lowest BCUT2D eigenvalue weighted by molar-refractivity contribution is -0.137. The van der Waals surface area contributed by atoms with Crippen LogP contribution in [0.5, 0.6) is 0 Å². The van der Waals surface area contributed by atoms with Gasteiger partial charge in [-0.1, -0.05) is 12.8 Å². The maximum absolute atomic E-state index is 12.2. The zero-order valence-electron chi connectivity index (χ0n) is 12.3. The molecule has 2 saturated heterocycles. The van der Waals surface area contributed by atoms with Crippen molar-refractivity contribution in [2.45, 2.75) is 38.4 Å². The Bertz CT molecular complexity index is 325. The third kappa shape index (κ3) is 3.71. The Morgan fingerprint density at radius 2 is 1.85 bits per heavy atom. The molecule has 0 radical (unpaired) electrons. The van der Waals surface area contributed by atoms with Crippen molar-refractivity contribution in [3.63, 3.8) is 0 Å². The van der Waals surface area contributed by atoms with E-state index in [1.807, 2.05) is 0 Å². The lowest BCUT2D eigenvalue weighted by Crippen LogP contribution is -2.51. The lowest BCUT2D eigenvalue weighted by atomic mass is 10.1. The predicted molar refractivity (Wildman–Crippen MR) is 75.3 cm³/mol. The zero-order chi connectivity index (χ0) is 13.8. The molecule has 3 aliphatic rings. The van der Waals surface area contributed by atoms with Crippen molar-refractivity contribution < 1.29 is 14.3 Å². The molecule has 0 spiro atoms. The molecule has 5 nitrogen and oxygen atoms in total. The van der Waals surface area contributed by atoms with Crippen LogP contribution in [-0.2, 0) is 14.3 Å².